The van der Waals surface area contributed by atoms with Crippen LogP contribution in [-0.4, -0.2) is 57.9 Å². The average molecular weight is 335 g/mol. The Balaban J connectivity index is 1.62. The predicted octanol–water partition coefficient (Wildman–Crippen LogP) is 1.63. The molecule has 0 aliphatic carbocycles. The zero-order valence-electron chi connectivity index (χ0n) is 12.5. The van der Waals surface area contributed by atoms with Gasteiger partial charge in [0.15, 0.2) is 0 Å². The fraction of sp³-hybridized carbons (Fsp3) is 0.333. The van der Waals surface area contributed by atoms with E-state index >= 15 is 0 Å². The molecule has 2 aromatic heterocycles. The van der Waals surface area contributed by atoms with Crippen LogP contribution in [0.25, 0.3) is 0 Å². The van der Waals surface area contributed by atoms with Crippen LogP contribution >= 0.6 is 11.6 Å². The number of hydrogen-bond acceptors (Lipinski definition) is 5. The van der Waals surface area contributed by atoms with E-state index in [9.17, 15) is 9.59 Å². The molecule has 2 amide bonds. The number of aryl methyl sites for hydroxylation is 1. The van der Waals surface area contributed by atoms with Gasteiger partial charge in [0.2, 0.25) is 5.76 Å². The number of hydrogen-bond donors (Lipinski definition) is 0. The quantitative estimate of drug-likeness (QED) is 0.834. The van der Waals surface area contributed by atoms with Crippen LogP contribution in [-0.2, 0) is 0 Å². The van der Waals surface area contributed by atoms with Crippen molar-refractivity contribution in [3.8, 4) is 0 Å². The second-order valence-corrected chi connectivity index (χ2v) is 5.71. The number of rotatable bonds is 2. The van der Waals surface area contributed by atoms with Crippen molar-refractivity contribution in [3.05, 3.63) is 46.6 Å². The molecule has 120 valence electrons. The Kier molecular flexibility index (Phi) is 4.29. The van der Waals surface area contributed by atoms with Crippen molar-refractivity contribution in [2.24, 2.45) is 0 Å². The van der Waals surface area contributed by atoms with Gasteiger partial charge in [-0.15, -0.1) is 0 Å². The zero-order valence-corrected chi connectivity index (χ0v) is 13.3. The molecule has 0 spiro atoms. The Morgan fingerprint density at radius 1 is 1.13 bits per heavy atom. The van der Waals surface area contributed by atoms with Crippen LogP contribution < -0.4 is 0 Å². The van der Waals surface area contributed by atoms with Crippen LogP contribution in [0.1, 0.15) is 26.7 Å². The van der Waals surface area contributed by atoms with E-state index < -0.39 is 0 Å². The van der Waals surface area contributed by atoms with Gasteiger partial charge in [-0.25, -0.2) is 0 Å². The van der Waals surface area contributed by atoms with Crippen molar-refractivity contribution < 1.29 is 14.1 Å². The second-order valence-electron chi connectivity index (χ2n) is 5.28. The van der Waals surface area contributed by atoms with Crippen LogP contribution in [0.2, 0.25) is 5.02 Å². The number of carbonyl (C=O) groups is 2. The summed E-state index contributed by atoms with van der Waals surface area (Å²) in [5.41, 5.74) is 0.970. The summed E-state index contributed by atoms with van der Waals surface area (Å²) in [5, 5.41) is 4.19. The van der Waals surface area contributed by atoms with Crippen LogP contribution in [0.3, 0.4) is 0 Å². The van der Waals surface area contributed by atoms with Gasteiger partial charge < -0.3 is 14.3 Å². The molecule has 0 radical (unpaired) electrons. The molecule has 1 aliphatic rings. The van der Waals surface area contributed by atoms with Crippen molar-refractivity contribution in [1.82, 2.24) is 19.9 Å². The fourth-order valence-corrected chi connectivity index (χ4v) is 2.58. The molecule has 3 heterocycles. The maximum absolute atomic E-state index is 12.4. The summed E-state index contributed by atoms with van der Waals surface area (Å²) >= 11 is 5.88. The Labute approximate surface area is 137 Å². The number of piperazine rings is 1. The molecule has 7 nitrogen and oxygen atoms in total. The van der Waals surface area contributed by atoms with Gasteiger partial charge >= 0.3 is 0 Å². The van der Waals surface area contributed by atoms with Crippen LogP contribution in [0.15, 0.2) is 28.9 Å². The summed E-state index contributed by atoms with van der Waals surface area (Å²) in [6, 6.07) is 4.77. The SMILES string of the molecule is Cc1cc(C(=O)N2CCN(C(=O)c3cc(Cl)ccn3)CC2)on1. The molecule has 1 saturated heterocycles. The van der Waals surface area contributed by atoms with Gasteiger partial charge in [0, 0.05) is 43.5 Å². The minimum atomic E-state index is -0.210. The maximum atomic E-state index is 12.4. The standard InChI is InChI=1S/C15H15ClN4O3/c1-10-8-13(23-18-10)15(22)20-6-4-19(5-7-20)14(21)12-9-11(16)2-3-17-12/h2-3,8-9H,4-7H2,1H3. The van der Waals surface area contributed by atoms with E-state index in [-0.39, 0.29) is 17.6 Å². The van der Waals surface area contributed by atoms with Crippen molar-refractivity contribution >= 4 is 23.4 Å². The molecule has 0 unspecified atom stereocenters. The van der Waals surface area contributed by atoms with E-state index in [1.807, 2.05) is 0 Å². The highest BCUT2D eigenvalue weighted by Crippen LogP contribution is 2.14. The van der Waals surface area contributed by atoms with Gasteiger partial charge in [-0.2, -0.15) is 0 Å². The fourth-order valence-electron chi connectivity index (χ4n) is 2.42. The van der Waals surface area contributed by atoms with Crippen molar-refractivity contribution in [2.45, 2.75) is 6.92 Å². The van der Waals surface area contributed by atoms with E-state index in [1.54, 1.807) is 34.9 Å². The summed E-state index contributed by atoms with van der Waals surface area (Å²) in [6.07, 6.45) is 1.50. The third-order valence-corrected chi connectivity index (χ3v) is 3.87. The van der Waals surface area contributed by atoms with Gasteiger partial charge in [-0.05, 0) is 19.1 Å². The lowest BCUT2D eigenvalue weighted by Gasteiger charge is -2.34. The molecule has 2 aromatic rings. The molecule has 1 fully saturated rings. The van der Waals surface area contributed by atoms with Gasteiger partial charge in [-0.3, -0.25) is 14.6 Å². The van der Waals surface area contributed by atoms with Gasteiger partial charge in [0.1, 0.15) is 5.69 Å². The normalized spacial score (nSPS) is 14.9. The number of halogens is 1. The highest BCUT2D eigenvalue weighted by molar-refractivity contribution is 6.30. The summed E-state index contributed by atoms with van der Waals surface area (Å²) in [7, 11) is 0. The molecule has 0 aromatic carbocycles. The van der Waals surface area contributed by atoms with E-state index in [0.29, 0.717) is 42.6 Å². The van der Waals surface area contributed by atoms with Gasteiger partial charge in [0.25, 0.3) is 11.8 Å². The van der Waals surface area contributed by atoms with Crippen molar-refractivity contribution in [1.29, 1.82) is 0 Å². The first kappa shape index (κ1) is 15.5. The van der Waals surface area contributed by atoms with E-state index in [4.69, 9.17) is 16.1 Å². The van der Waals surface area contributed by atoms with Gasteiger partial charge in [0.05, 0.1) is 5.69 Å². The first-order valence-electron chi connectivity index (χ1n) is 7.18. The first-order chi connectivity index (χ1) is 11.0. The van der Waals surface area contributed by atoms with E-state index in [0.717, 1.165) is 0 Å². The minimum absolute atomic E-state index is 0.185. The Hall–Kier alpha value is -2.41. The number of amides is 2. The molecule has 23 heavy (non-hydrogen) atoms. The lowest BCUT2D eigenvalue weighted by Crippen LogP contribution is -2.50. The van der Waals surface area contributed by atoms with E-state index in [2.05, 4.69) is 10.1 Å². The minimum Gasteiger partial charge on any atom is -0.351 e. The second kappa shape index (κ2) is 6.37. The molecular formula is C15H15ClN4O3. The Morgan fingerprint density at radius 3 is 2.35 bits per heavy atom. The van der Waals surface area contributed by atoms with E-state index in [1.165, 1.54) is 6.20 Å². The number of pyridine rings is 1. The smallest absolute Gasteiger partial charge is 0.292 e. The number of aromatic nitrogens is 2. The topological polar surface area (TPSA) is 79.5 Å². The molecule has 0 N–H and O–H groups in total. The van der Waals surface area contributed by atoms with Gasteiger partial charge in [-0.1, -0.05) is 16.8 Å². The number of nitrogens with zero attached hydrogens (tertiary/aromatic N) is 4. The van der Waals surface area contributed by atoms with Crippen molar-refractivity contribution in [2.75, 3.05) is 26.2 Å². The average Bonchev–Trinajstić information content (AvgIpc) is 3.00. The van der Waals surface area contributed by atoms with Crippen LogP contribution in [0, 0.1) is 6.92 Å². The summed E-state index contributed by atoms with van der Waals surface area (Å²) in [4.78, 5) is 32.0. The summed E-state index contributed by atoms with van der Waals surface area (Å²) in [5.74, 6) is -0.174. The first-order valence-corrected chi connectivity index (χ1v) is 7.56. The Bertz CT molecular complexity index is 738. The lowest BCUT2D eigenvalue weighted by atomic mass is 10.2. The molecule has 3 rings (SSSR count). The molecule has 0 atom stereocenters. The van der Waals surface area contributed by atoms with Crippen molar-refractivity contribution in [3.63, 3.8) is 0 Å². The zero-order chi connectivity index (χ0) is 16.4. The number of carbonyl (C=O) groups excluding carboxylic acids is 2. The molecule has 0 saturated carbocycles. The summed E-state index contributed by atoms with van der Waals surface area (Å²) in [6.45, 7) is 3.50. The highest BCUT2D eigenvalue weighted by atomic mass is 35.5. The maximum Gasteiger partial charge on any atom is 0.292 e. The third-order valence-electron chi connectivity index (χ3n) is 3.63. The monoisotopic (exact) mass is 334 g/mol. The third kappa shape index (κ3) is 3.34. The molecular weight excluding hydrogens is 320 g/mol. The highest BCUT2D eigenvalue weighted by Gasteiger charge is 2.27. The largest absolute Gasteiger partial charge is 0.351 e. The van der Waals surface area contributed by atoms with Crippen LogP contribution in [0.5, 0.6) is 0 Å². The molecule has 8 heteroatoms. The molecule has 0 bridgehead atoms. The predicted molar refractivity (Wildman–Crippen MR) is 82.3 cm³/mol. The molecule has 1 aliphatic heterocycles. The Morgan fingerprint density at radius 2 is 1.78 bits per heavy atom. The summed E-state index contributed by atoms with van der Waals surface area (Å²) < 4.78 is 4.99. The lowest BCUT2D eigenvalue weighted by molar-refractivity contribution is 0.0510. The van der Waals surface area contributed by atoms with Crippen LogP contribution in [0.4, 0.5) is 0 Å².